The maximum Gasteiger partial charge on any atom is 0.270 e. The fourth-order valence-corrected chi connectivity index (χ4v) is 3.47. The molecule has 0 bridgehead atoms. The highest BCUT2D eigenvalue weighted by atomic mass is 32.1. The fraction of sp³-hybridized carbons (Fsp3) is 0.100. The van der Waals surface area contributed by atoms with E-state index in [1.807, 2.05) is 0 Å². The van der Waals surface area contributed by atoms with E-state index in [-0.39, 0.29) is 17.9 Å². The Morgan fingerprint density at radius 3 is 2.53 bits per heavy atom. The zero-order valence-corrected chi connectivity index (χ0v) is 16.6. The van der Waals surface area contributed by atoms with Crippen molar-refractivity contribution in [1.29, 1.82) is 0 Å². The smallest absolute Gasteiger partial charge is 0.270 e. The van der Waals surface area contributed by atoms with Crippen molar-refractivity contribution in [2.45, 2.75) is 0 Å². The summed E-state index contributed by atoms with van der Waals surface area (Å²) < 4.78 is 10.7. The molecule has 2 amide bonds. The van der Waals surface area contributed by atoms with Gasteiger partial charge in [-0.25, -0.2) is 0 Å². The Morgan fingerprint density at radius 1 is 1.17 bits per heavy atom. The van der Waals surface area contributed by atoms with Gasteiger partial charge >= 0.3 is 0 Å². The number of hydrogen-bond acceptors (Lipinski definition) is 7. The Labute approximate surface area is 175 Å². The van der Waals surface area contributed by atoms with Crippen molar-refractivity contribution in [3.63, 3.8) is 0 Å². The predicted molar refractivity (Wildman–Crippen MR) is 112 cm³/mol. The molecule has 0 fully saturated rings. The first kappa shape index (κ1) is 20.8. The first-order valence-electron chi connectivity index (χ1n) is 8.62. The third kappa shape index (κ3) is 4.73. The van der Waals surface area contributed by atoms with Crippen LogP contribution in [0.2, 0.25) is 0 Å². The number of anilines is 1. The number of nitro benzene ring substituents is 1. The summed E-state index contributed by atoms with van der Waals surface area (Å²) in [5.41, 5.74) is 6.48. The van der Waals surface area contributed by atoms with Crippen LogP contribution in [0.25, 0.3) is 11.1 Å². The lowest BCUT2D eigenvalue weighted by Gasteiger charge is -2.12. The number of methoxy groups -OCH3 is 1. The van der Waals surface area contributed by atoms with Gasteiger partial charge in [-0.05, 0) is 35.2 Å². The maximum absolute atomic E-state index is 12.3. The molecule has 0 aliphatic rings. The summed E-state index contributed by atoms with van der Waals surface area (Å²) in [6, 6.07) is 12.5. The zero-order valence-electron chi connectivity index (χ0n) is 15.8. The number of benzene rings is 2. The summed E-state index contributed by atoms with van der Waals surface area (Å²) in [7, 11) is 1.53. The molecule has 0 saturated carbocycles. The second-order valence-electron chi connectivity index (χ2n) is 6.03. The molecule has 0 spiro atoms. The van der Waals surface area contributed by atoms with Crippen LogP contribution in [0, 0.1) is 10.1 Å². The maximum atomic E-state index is 12.3. The molecular formula is C20H17N3O6S. The molecule has 3 aromatic rings. The van der Waals surface area contributed by atoms with E-state index in [1.165, 1.54) is 31.4 Å². The minimum atomic E-state index is -0.648. The molecule has 0 unspecified atom stereocenters. The summed E-state index contributed by atoms with van der Waals surface area (Å²) in [5, 5.41) is 15.7. The van der Waals surface area contributed by atoms with Gasteiger partial charge in [0.1, 0.15) is 16.5 Å². The Kier molecular flexibility index (Phi) is 6.28. The average Bonchev–Trinajstić information content (AvgIpc) is 3.20. The van der Waals surface area contributed by atoms with Crippen LogP contribution in [0.3, 0.4) is 0 Å². The summed E-state index contributed by atoms with van der Waals surface area (Å²) in [6.07, 6.45) is 0. The van der Waals surface area contributed by atoms with Crippen LogP contribution >= 0.6 is 11.3 Å². The van der Waals surface area contributed by atoms with E-state index in [2.05, 4.69) is 5.32 Å². The van der Waals surface area contributed by atoms with Crippen LogP contribution in [-0.2, 0) is 4.79 Å². The molecule has 154 valence electrons. The first-order chi connectivity index (χ1) is 14.4. The molecule has 10 heteroatoms. The van der Waals surface area contributed by atoms with E-state index < -0.39 is 16.7 Å². The van der Waals surface area contributed by atoms with Gasteiger partial charge in [0.05, 0.1) is 17.6 Å². The second-order valence-corrected chi connectivity index (χ2v) is 6.95. The number of nitrogens with two attached hydrogens (primary N) is 1. The number of amides is 2. The molecule has 0 radical (unpaired) electrons. The third-order valence-corrected chi connectivity index (χ3v) is 4.95. The van der Waals surface area contributed by atoms with Gasteiger partial charge in [0, 0.05) is 17.7 Å². The monoisotopic (exact) mass is 427 g/mol. The highest BCUT2D eigenvalue weighted by Gasteiger charge is 2.16. The lowest BCUT2D eigenvalue weighted by Crippen LogP contribution is -2.22. The lowest BCUT2D eigenvalue weighted by atomic mass is 10.0. The molecule has 3 rings (SSSR count). The van der Waals surface area contributed by atoms with E-state index in [0.717, 1.165) is 11.3 Å². The first-order valence-corrected chi connectivity index (χ1v) is 9.50. The van der Waals surface area contributed by atoms with Crippen molar-refractivity contribution in [2.75, 3.05) is 19.0 Å². The minimum Gasteiger partial charge on any atom is -0.497 e. The van der Waals surface area contributed by atoms with Crippen molar-refractivity contribution in [3.8, 4) is 22.6 Å². The number of nitrogens with zero attached hydrogens (tertiary/aromatic N) is 1. The van der Waals surface area contributed by atoms with Gasteiger partial charge in [0.15, 0.2) is 6.61 Å². The molecule has 0 saturated heterocycles. The van der Waals surface area contributed by atoms with Crippen molar-refractivity contribution < 1.29 is 24.0 Å². The van der Waals surface area contributed by atoms with Gasteiger partial charge in [-0.3, -0.25) is 19.7 Å². The summed E-state index contributed by atoms with van der Waals surface area (Å²) >= 11 is 1.16. The second kappa shape index (κ2) is 9.05. The summed E-state index contributed by atoms with van der Waals surface area (Å²) in [5.74, 6) is -0.224. The molecule has 30 heavy (non-hydrogen) atoms. The Bertz CT molecular complexity index is 1090. The highest BCUT2D eigenvalue weighted by molar-refractivity contribution is 7.14. The van der Waals surface area contributed by atoms with E-state index in [0.29, 0.717) is 27.6 Å². The quantitative estimate of drug-likeness (QED) is 0.418. The van der Waals surface area contributed by atoms with Crippen LogP contribution in [0.15, 0.2) is 53.9 Å². The molecule has 1 aromatic heterocycles. The number of ether oxygens (including phenoxy) is 2. The van der Waals surface area contributed by atoms with Crippen LogP contribution in [-0.4, -0.2) is 30.5 Å². The van der Waals surface area contributed by atoms with Gasteiger partial charge in [0.2, 0.25) is 0 Å². The molecular weight excluding hydrogens is 410 g/mol. The fourth-order valence-electron chi connectivity index (χ4n) is 2.66. The highest BCUT2D eigenvalue weighted by Crippen LogP contribution is 2.34. The third-order valence-electron chi connectivity index (χ3n) is 4.12. The van der Waals surface area contributed by atoms with Crippen molar-refractivity contribution in [3.05, 3.63) is 69.6 Å². The van der Waals surface area contributed by atoms with Crippen molar-refractivity contribution in [1.82, 2.24) is 0 Å². The standard InChI is InChI=1S/C20H17N3O6S/c1-28-14-5-2-12(3-6-14)16-10-13(23(26)27)4-7-17(16)29-11-18(24)22-20-15(19(21)25)8-9-30-20/h2-10H,11H2,1H3,(H2,21,25)(H,22,24). The Balaban J connectivity index is 1.80. The molecule has 0 atom stereocenters. The van der Waals surface area contributed by atoms with Crippen LogP contribution in [0.4, 0.5) is 10.7 Å². The number of hydrogen-bond donors (Lipinski definition) is 2. The van der Waals surface area contributed by atoms with Gasteiger partial charge in [-0.1, -0.05) is 12.1 Å². The molecule has 9 nitrogen and oxygen atoms in total. The predicted octanol–water partition coefficient (Wildman–Crippen LogP) is 3.45. The number of carbonyl (C=O) groups excluding carboxylic acids is 2. The van der Waals surface area contributed by atoms with Crippen LogP contribution in [0.1, 0.15) is 10.4 Å². The van der Waals surface area contributed by atoms with Gasteiger partial charge in [-0.15, -0.1) is 11.3 Å². The van der Waals surface area contributed by atoms with Crippen molar-refractivity contribution >= 4 is 33.8 Å². The van der Waals surface area contributed by atoms with E-state index >= 15 is 0 Å². The molecule has 2 aromatic carbocycles. The van der Waals surface area contributed by atoms with Gasteiger partial charge < -0.3 is 20.5 Å². The largest absolute Gasteiger partial charge is 0.497 e. The topological polar surface area (TPSA) is 134 Å². The molecule has 1 heterocycles. The van der Waals surface area contributed by atoms with E-state index in [4.69, 9.17) is 15.2 Å². The molecule has 0 aliphatic carbocycles. The van der Waals surface area contributed by atoms with E-state index in [1.54, 1.807) is 29.6 Å². The normalized spacial score (nSPS) is 10.3. The van der Waals surface area contributed by atoms with Crippen LogP contribution < -0.4 is 20.5 Å². The number of thiophene rings is 1. The molecule has 3 N–H and O–H groups in total. The number of rotatable bonds is 8. The summed E-state index contributed by atoms with van der Waals surface area (Å²) in [4.78, 5) is 34.3. The van der Waals surface area contributed by atoms with E-state index in [9.17, 15) is 19.7 Å². The number of nitrogens with one attached hydrogen (secondary N) is 1. The number of nitro groups is 1. The number of carbonyl (C=O) groups is 2. The van der Waals surface area contributed by atoms with Gasteiger partial charge in [0.25, 0.3) is 17.5 Å². The Morgan fingerprint density at radius 2 is 1.90 bits per heavy atom. The lowest BCUT2D eigenvalue weighted by molar-refractivity contribution is -0.384. The summed E-state index contributed by atoms with van der Waals surface area (Å²) in [6.45, 7) is -0.364. The van der Waals surface area contributed by atoms with Crippen molar-refractivity contribution in [2.24, 2.45) is 5.73 Å². The minimum absolute atomic E-state index is 0.109. The van der Waals surface area contributed by atoms with Crippen LogP contribution in [0.5, 0.6) is 11.5 Å². The molecule has 0 aliphatic heterocycles. The Hall–Kier alpha value is -3.92. The van der Waals surface area contributed by atoms with Gasteiger partial charge in [-0.2, -0.15) is 0 Å². The average molecular weight is 427 g/mol. The SMILES string of the molecule is COc1ccc(-c2cc([N+](=O)[O-])ccc2OCC(=O)Nc2sccc2C(N)=O)cc1. The number of primary amides is 1. The zero-order chi connectivity index (χ0) is 21.7. The number of non-ortho nitro benzene ring substituents is 1.